The Hall–Kier alpha value is -2.56. The fourth-order valence-corrected chi connectivity index (χ4v) is 2.32. The quantitative estimate of drug-likeness (QED) is 0.764. The summed E-state index contributed by atoms with van der Waals surface area (Å²) in [6.45, 7) is 1.99. The Bertz CT molecular complexity index is 769. The highest BCUT2D eigenvalue weighted by atomic mass is 19.1. The molecule has 0 aliphatic carbocycles. The van der Waals surface area contributed by atoms with Crippen LogP contribution in [0.25, 0.3) is 10.9 Å². The molecule has 0 bridgehead atoms. The highest BCUT2D eigenvalue weighted by Crippen LogP contribution is 2.25. The molecular weight excluding hydrogens is 269 g/mol. The van der Waals surface area contributed by atoms with Crippen molar-refractivity contribution >= 4 is 16.6 Å². The van der Waals surface area contributed by atoms with E-state index in [9.17, 15) is 4.39 Å². The molecular formula is C16H16FN3O. The number of hydrogen-bond acceptors (Lipinski definition) is 3. The van der Waals surface area contributed by atoms with Crippen LogP contribution >= 0.6 is 0 Å². The lowest BCUT2D eigenvalue weighted by atomic mass is 10.1. The third-order valence-corrected chi connectivity index (χ3v) is 3.50. The van der Waals surface area contributed by atoms with E-state index in [2.05, 4.69) is 15.5 Å². The van der Waals surface area contributed by atoms with Crippen LogP contribution in [0.1, 0.15) is 18.5 Å². The number of halogens is 1. The van der Waals surface area contributed by atoms with Gasteiger partial charge < -0.3 is 10.1 Å². The number of nitrogens with one attached hydrogen (secondary N) is 2. The van der Waals surface area contributed by atoms with E-state index in [1.807, 2.05) is 31.2 Å². The molecule has 4 nitrogen and oxygen atoms in total. The van der Waals surface area contributed by atoms with E-state index in [1.54, 1.807) is 12.3 Å². The van der Waals surface area contributed by atoms with Crippen molar-refractivity contribution in [2.75, 3.05) is 12.4 Å². The Kier molecular flexibility index (Phi) is 3.48. The summed E-state index contributed by atoms with van der Waals surface area (Å²) in [7, 11) is 1.46. The summed E-state index contributed by atoms with van der Waals surface area (Å²) < 4.78 is 18.7. The van der Waals surface area contributed by atoms with E-state index in [-0.39, 0.29) is 17.6 Å². The Labute approximate surface area is 121 Å². The largest absolute Gasteiger partial charge is 0.494 e. The molecule has 3 rings (SSSR count). The smallest absolute Gasteiger partial charge is 0.165 e. The number of rotatable bonds is 4. The van der Waals surface area contributed by atoms with Crippen LogP contribution in [0.15, 0.2) is 42.6 Å². The topological polar surface area (TPSA) is 49.9 Å². The molecule has 0 spiro atoms. The SMILES string of the molecule is COc1ccc(C(C)Nc2ccc3[nH]ncc3c2)cc1F. The van der Waals surface area contributed by atoms with Gasteiger partial charge in [-0.1, -0.05) is 6.07 Å². The van der Waals surface area contributed by atoms with Crippen LogP contribution in [0, 0.1) is 5.82 Å². The van der Waals surface area contributed by atoms with Gasteiger partial charge in [-0.05, 0) is 42.8 Å². The van der Waals surface area contributed by atoms with Crippen molar-refractivity contribution in [3.05, 3.63) is 54.0 Å². The number of benzene rings is 2. The number of ether oxygens (including phenoxy) is 1. The van der Waals surface area contributed by atoms with Gasteiger partial charge in [0.2, 0.25) is 0 Å². The zero-order chi connectivity index (χ0) is 14.8. The Balaban J connectivity index is 1.81. The maximum Gasteiger partial charge on any atom is 0.165 e. The predicted octanol–water partition coefficient (Wildman–Crippen LogP) is 3.88. The van der Waals surface area contributed by atoms with Gasteiger partial charge in [-0.2, -0.15) is 5.10 Å². The normalized spacial score (nSPS) is 12.3. The monoisotopic (exact) mass is 285 g/mol. The summed E-state index contributed by atoms with van der Waals surface area (Å²) in [5, 5.41) is 11.3. The molecule has 0 aliphatic heterocycles. The van der Waals surface area contributed by atoms with Crippen molar-refractivity contribution in [3.8, 4) is 5.75 Å². The zero-order valence-corrected chi connectivity index (χ0v) is 11.9. The van der Waals surface area contributed by atoms with E-state index < -0.39 is 0 Å². The summed E-state index contributed by atoms with van der Waals surface area (Å²) >= 11 is 0. The van der Waals surface area contributed by atoms with Crippen LogP contribution in [0.4, 0.5) is 10.1 Å². The highest BCUT2D eigenvalue weighted by molar-refractivity contribution is 5.81. The number of aromatic nitrogens is 2. The summed E-state index contributed by atoms with van der Waals surface area (Å²) in [5.41, 5.74) is 2.82. The lowest BCUT2D eigenvalue weighted by molar-refractivity contribution is 0.386. The van der Waals surface area contributed by atoms with Gasteiger partial charge in [0, 0.05) is 17.1 Å². The van der Waals surface area contributed by atoms with Gasteiger partial charge in [-0.3, -0.25) is 5.10 Å². The predicted molar refractivity (Wildman–Crippen MR) is 81.1 cm³/mol. The maximum absolute atomic E-state index is 13.8. The number of anilines is 1. The number of hydrogen-bond donors (Lipinski definition) is 2. The Morgan fingerprint density at radius 3 is 2.86 bits per heavy atom. The number of methoxy groups -OCH3 is 1. The molecule has 0 saturated carbocycles. The van der Waals surface area contributed by atoms with Gasteiger partial charge >= 0.3 is 0 Å². The lowest BCUT2D eigenvalue weighted by Gasteiger charge is -2.16. The van der Waals surface area contributed by atoms with E-state index in [0.29, 0.717) is 0 Å². The molecule has 1 heterocycles. The molecule has 0 radical (unpaired) electrons. The summed E-state index contributed by atoms with van der Waals surface area (Å²) in [4.78, 5) is 0. The molecule has 2 aromatic carbocycles. The first-order valence-corrected chi connectivity index (χ1v) is 6.70. The molecule has 0 fully saturated rings. The minimum absolute atomic E-state index is 0.0187. The van der Waals surface area contributed by atoms with Gasteiger partial charge in [0.05, 0.1) is 18.8 Å². The first-order chi connectivity index (χ1) is 10.2. The molecule has 1 unspecified atom stereocenters. The van der Waals surface area contributed by atoms with E-state index in [4.69, 9.17) is 4.74 Å². The zero-order valence-electron chi connectivity index (χ0n) is 11.9. The first kappa shape index (κ1) is 13.4. The van der Waals surface area contributed by atoms with Crippen molar-refractivity contribution in [3.63, 3.8) is 0 Å². The standard InChI is InChI=1S/C16H16FN3O/c1-10(11-3-6-16(21-2)14(17)8-11)19-13-4-5-15-12(7-13)9-18-20-15/h3-10,19H,1-2H3,(H,18,20). The van der Waals surface area contributed by atoms with Crippen molar-refractivity contribution in [1.29, 1.82) is 0 Å². The fraction of sp³-hybridized carbons (Fsp3) is 0.188. The van der Waals surface area contributed by atoms with Crippen molar-refractivity contribution in [2.24, 2.45) is 0 Å². The summed E-state index contributed by atoms with van der Waals surface area (Å²) in [6.07, 6.45) is 1.78. The second-order valence-corrected chi connectivity index (χ2v) is 4.93. The molecule has 5 heteroatoms. The van der Waals surface area contributed by atoms with Crippen molar-refractivity contribution in [1.82, 2.24) is 10.2 Å². The number of fused-ring (bicyclic) bond motifs is 1. The summed E-state index contributed by atoms with van der Waals surface area (Å²) in [6, 6.07) is 10.9. The highest BCUT2D eigenvalue weighted by Gasteiger charge is 2.10. The van der Waals surface area contributed by atoms with E-state index >= 15 is 0 Å². The molecule has 1 aromatic heterocycles. The number of H-pyrrole nitrogens is 1. The van der Waals surface area contributed by atoms with Crippen LogP contribution in [0.5, 0.6) is 5.75 Å². The van der Waals surface area contributed by atoms with Gasteiger partial charge in [0.15, 0.2) is 11.6 Å². The molecule has 0 aliphatic rings. The van der Waals surface area contributed by atoms with Crippen LogP contribution in [-0.4, -0.2) is 17.3 Å². The first-order valence-electron chi connectivity index (χ1n) is 6.70. The van der Waals surface area contributed by atoms with Gasteiger partial charge in [-0.15, -0.1) is 0 Å². The Morgan fingerprint density at radius 2 is 2.10 bits per heavy atom. The third kappa shape index (κ3) is 2.67. The summed E-state index contributed by atoms with van der Waals surface area (Å²) in [5.74, 6) is -0.0975. The molecule has 108 valence electrons. The van der Waals surface area contributed by atoms with Crippen LogP contribution in [-0.2, 0) is 0 Å². The molecule has 0 amide bonds. The lowest BCUT2D eigenvalue weighted by Crippen LogP contribution is -2.07. The molecule has 2 N–H and O–H groups in total. The van der Waals surface area contributed by atoms with E-state index in [0.717, 1.165) is 22.2 Å². The third-order valence-electron chi connectivity index (χ3n) is 3.50. The second-order valence-electron chi connectivity index (χ2n) is 4.93. The van der Waals surface area contributed by atoms with Crippen molar-refractivity contribution < 1.29 is 9.13 Å². The van der Waals surface area contributed by atoms with Crippen LogP contribution in [0.3, 0.4) is 0 Å². The molecule has 0 saturated heterocycles. The maximum atomic E-state index is 13.8. The number of aromatic amines is 1. The number of nitrogens with zero attached hydrogens (tertiary/aromatic N) is 1. The molecule has 21 heavy (non-hydrogen) atoms. The average Bonchev–Trinajstić information content (AvgIpc) is 2.94. The minimum atomic E-state index is -0.353. The van der Waals surface area contributed by atoms with Crippen LogP contribution < -0.4 is 10.1 Å². The minimum Gasteiger partial charge on any atom is -0.494 e. The van der Waals surface area contributed by atoms with Crippen molar-refractivity contribution in [2.45, 2.75) is 13.0 Å². The van der Waals surface area contributed by atoms with Crippen LogP contribution in [0.2, 0.25) is 0 Å². The van der Waals surface area contributed by atoms with Gasteiger partial charge in [0.25, 0.3) is 0 Å². The van der Waals surface area contributed by atoms with Gasteiger partial charge in [0.1, 0.15) is 0 Å². The molecule has 1 atom stereocenters. The Morgan fingerprint density at radius 1 is 1.24 bits per heavy atom. The van der Waals surface area contributed by atoms with E-state index in [1.165, 1.54) is 13.2 Å². The fourth-order valence-electron chi connectivity index (χ4n) is 2.32. The molecule has 3 aromatic rings. The second kappa shape index (κ2) is 5.44. The van der Waals surface area contributed by atoms with Gasteiger partial charge in [-0.25, -0.2) is 4.39 Å². The average molecular weight is 285 g/mol.